The molecular weight excluding hydrogens is 875 g/mol. The van der Waals surface area contributed by atoms with Crippen LogP contribution in [0.3, 0.4) is 0 Å². The van der Waals surface area contributed by atoms with E-state index in [1.165, 1.54) is 50.1 Å². The predicted molar refractivity (Wildman–Crippen MR) is 300 cm³/mol. The average Bonchev–Trinajstić information content (AvgIpc) is 4.08. The Kier molecular flexibility index (Phi) is 9.56. The first-order valence-electron chi connectivity index (χ1n) is 24.8. The lowest BCUT2D eigenvalue weighted by molar-refractivity contribution is 0.661. The Morgan fingerprint density at radius 2 is 0.806 bits per heavy atom. The van der Waals surface area contributed by atoms with Gasteiger partial charge in [-0.1, -0.05) is 184 Å². The third kappa shape index (κ3) is 6.81. The molecular formula is C69H47NO2. The molecule has 0 bridgehead atoms. The van der Waals surface area contributed by atoms with Gasteiger partial charge in [0.05, 0.1) is 0 Å². The van der Waals surface area contributed by atoms with Crippen molar-refractivity contribution < 1.29 is 8.83 Å². The van der Waals surface area contributed by atoms with Crippen molar-refractivity contribution in [3.8, 4) is 66.8 Å². The summed E-state index contributed by atoms with van der Waals surface area (Å²) in [6.45, 7) is 4.76. The summed E-state index contributed by atoms with van der Waals surface area (Å²) in [6.07, 6.45) is 0. The van der Waals surface area contributed by atoms with Crippen LogP contribution in [0.5, 0.6) is 0 Å². The number of benzene rings is 11. The van der Waals surface area contributed by atoms with Gasteiger partial charge in [-0.2, -0.15) is 0 Å². The molecule has 0 unspecified atom stereocenters. The lowest BCUT2D eigenvalue weighted by atomic mass is 9.80. The fraction of sp³-hybridized carbons (Fsp3) is 0.0435. The Hall–Kier alpha value is -9.18. The van der Waals surface area contributed by atoms with Gasteiger partial charge in [0.15, 0.2) is 0 Å². The molecule has 0 amide bonds. The number of hydrogen-bond acceptors (Lipinski definition) is 3. The van der Waals surface area contributed by atoms with Crippen LogP contribution in [0.2, 0.25) is 0 Å². The van der Waals surface area contributed by atoms with Gasteiger partial charge in [0.2, 0.25) is 0 Å². The molecule has 0 radical (unpaired) electrons. The van der Waals surface area contributed by atoms with Gasteiger partial charge < -0.3 is 13.7 Å². The quantitative estimate of drug-likeness (QED) is 0.152. The molecule has 0 atom stereocenters. The lowest BCUT2D eigenvalue weighted by Crippen LogP contribution is -2.15. The van der Waals surface area contributed by atoms with E-state index in [2.05, 4.69) is 243 Å². The highest BCUT2D eigenvalue weighted by atomic mass is 16.3. The minimum absolute atomic E-state index is 0.192. The van der Waals surface area contributed by atoms with E-state index in [1.54, 1.807) is 0 Å². The van der Waals surface area contributed by atoms with Crippen LogP contribution in [0.4, 0.5) is 17.1 Å². The highest BCUT2D eigenvalue weighted by Gasteiger charge is 2.38. The van der Waals surface area contributed by atoms with Crippen LogP contribution < -0.4 is 4.90 Å². The van der Waals surface area contributed by atoms with Crippen LogP contribution in [0.15, 0.2) is 258 Å². The summed E-state index contributed by atoms with van der Waals surface area (Å²) in [5.41, 5.74) is 23.6. The molecule has 13 aromatic rings. The molecule has 1 aliphatic carbocycles. The summed E-state index contributed by atoms with van der Waals surface area (Å²) in [5, 5.41) is 4.51. The topological polar surface area (TPSA) is 29.5 Å². The molecule has 14 rings (SSSR count). The number of furan rings is 2. The number of para-hydroxylation sites is 3. The van der Waals surface area contributed by atoms with Gasteiger partial charge in [0.25, 0.3) is 0 Å². The third-order valence-corrected chi connectivity index (χ3v) is 15.1. The SMILES string of the molecule is CC1(C)c2ccc(-c3cccc(N(c4ccc(-c5ccc6c(c5)oc5ccccc56)cc4)c4ccc(-c5cccc6c5oc5ccccc56)cc4)c3)cc2-c2c(-c3ccccc3)cc(-c3ccccc3)cc21. The van der Waals surface area contributed by atoms with Gasteiger partial charge in [-0.3, -0.25) is 0 Å². The van der Waals surface area contributed by atoms with Crippen molar-refractivity contribution in [3.63, 3.8) is 0 Å². The molecule has 0 fully saturated rings. The highest BCUT2D eigenvalue weighted by molar-refractivity contribution is 6.10. The van der Waals surface area contributed by atoms with Gasteiger partial charge >= 0.3 is 0 Å². The van der Waals surface area contributed by atoms with Crippen molar-refractivity contribution in [2.75, 3.05) is 4.90 Å². The minimum Gasteiger partial charge on any atom is -0.456 e. The van der Waals surface area contributed by atoms with E-state index in [4.69, 9.17) is 8.83 Å². The van der Waals surface area contributed by atoms with Gasteiger partial charge in [0, 0.05) is 49.6 Å². The Morgan fingerprint density at radius 3 is 1.56 bits per heavy atom. The summed E-state index contributed by atoms with van der Waals surface area (Å²) < 4.78 is 12.8. The van der Waals surface area contributed by atoms with Crippen LogP contribution >= 0.6 is 0 Å². The van der Waals surface area contributed by atoms with Crippen LogP contribution in [0.1, 0.15) is 25.0 Å². The van der Waals surface area contributed by atoms with Crippen LogP contribution in [-0.2, 0) is 5.41 Å². The number of nitrogens with zero attached hydrogens (tertiary/aromatic N) is 1. The second-order valence-corrected chi connectivity index (χ2v) is 19.6. The summed E-state index contributed by atoms with van der Waals surface area (Å²) in [4.78, 5) is 2.37. The standard InChI is InChI=1S/C69H47NO2/c1-69(2)62-38-32-49(40-61(62)67-60(46-17-7-4-8-18-46)41-51(42-63(67)69)44-15-5-3-6-16-44)48-19-13-20-54(39-48)70(52-33-27-45(28-34-52)50-31-37-58-56-21-9-11-25-64(56)71-66(58)43-50)53-35-29-47(30-36-53)55-23-14-24-59-57-22-10-12-26-65(57)72-68(55)59/h3-43H,1-2H3. The van der Waals surface area contributed by atoms with Crippen molar-refractivity contribution >= 4 is 60.9 Å². The van der Waals surface area contributed by atoms with E-state index in [0.29, 0.717) is 0 Å². The second-order valence-electron chi connectivity index (χ2n) is 19.6. The first-order chi connectivity index (χ1) is 35.4. The zero-order chi connectivity index (χ0) is 47.9. The lowest BCUT2D eigenvalue weighted by Gasteiger charge is -2.26. The first kappa shape index (κ1) is 41.8. The van der Waals surface area contributed by atoms with Crippen LogP contribution in [0.25, 0.3) is 111 Å². The fourth-order valence-electron chi connectivity index (χ4n) is 11.4. The number of anilines is 3. The van der Waals surface area contributed by atoms with Gasteiger partial charge in [0.1, 0.15) is 22.3 Å². The zero-order valence-electron chi connectivity index (χ0n) is 39.9. The predicted octanol–water partition coefficient (Wildman–Crippen LogP) is 19.6. The van der Waals surface area contributed by atoms with Crippen molar-refractivity contribution in [2.45, 2.75) is 19.3 Å². The third-order valence-electron chi connectivity index (χ3n) is 15.1. The molecule has 340 valence electrons. The average molecular weight is 922 g/mol. The highest BCUT2D eigenvalue weighted by Crippen LogP contribution is 2.54. The maximum Gasteiger partial charge on any atom is 0.143 e. The van der Waals surface area contributed by atoms with E-state index in [-0.39, 0.29) is 5.41 Å². The van der Waals surface area contributed by atoms with Crippen LogP contribution in [-0.4, -0.2) is 0 Å². The van der Waals surface area contributed by atoms with Crippen molar-refractivity contribution in [2.24, 2.45) is 0 Å². The van der Waals surface area contributed by atoms with E-state index in [0.717, 1.165) is 88.8 Å². The molecule has 2 aromatic heterocycles. The molecule has 72 heavy (non-hydrogen) atoms. The molecule has 0 N–H and O–H groups in total. The van der Waals surface area contributed by atoms with E-state index >= 15 is 0 Å². The van der Waals surface area contributed by atoms with Gasteiger partial charge in [-0.05, 0) is 151 Å². The Bertz CT molecular complexity index is 4220. The Morgan fingerprint density at radius 1 is 0.292 bits per heavy atom. The minimum atomic E-state index is -0.192. The fourth-order valence-corrected chi connectivity index (χ4v) is 11.4. The van der Waals surface area contributed by atoms with E-state index < -0.39 is 0 Å². The molecule has 0 saturated carbocycles. The normalized spacial score (nSPS) is 12.7. The Balaban J connectivity index is 0.879. The molecule has 2 heterocycles. The molecule has 0 aliphatic heterocycles. The Labute approximate surface area is 418 Å². The summed E-state index contributed by atoms with van der Waals surface area (Å²) in [6, 6.07) is 89.9. The number of rotatable bonds is 8. The largest absolute Gasteiger partial charge is 0.456 e. The van der Waals surface area contributed by atoms with Crippen molar-refractivity contribution in [1.29, 1.82) is 0 Å². The van der Waals surface area contributed by atoms with E-state index in [9.17, 15) is 0 Å². The second kappa shape index (κ2) is 16.5. The maximum atomic E-state index is 6.49. The number of fused-ring (bicyclic) bond motifs is 9. The molecule has 1 aliphatic rings. The van der Waals surface area contributed by atoms with Gasteiger partial charge in [-0.15, -0.1) is 0 Å². The molecule has 3 nitrogen and oxygen atoms in total. The molecule has 0 spiro atoms. The smallest absolute Gasteiger partial charge is 0.143 e. The first-order valence-corrected chi connectivity index (χ1v) is 24.8. The number of hydrogen-bond donors (Lipinski definition) is 0. The molecule has 3 heteroatoms. The van der Waals surface area contributed by atoms with Gasteiger partial charge in [-0.25, -0.2) is 0 Å². The molecule has 0 saturated heterocycles. The van der Waals surface area contributed by atoms with E-state index in [1.807, 2.05) is 24.3 Å². The monoisotopic (exact) mass is 921 g/mol. The zero-order valence-corrected chi connectivity index (χ0v) is 39.9. The summed E-state index contributed by atoms with van der Waals surface area (Å²) >= 11 is 0. The molecule has 11 aromatic carbocycles. The van der Waals surface area contributed by atoms with Crippen LogP contribution in [0, 0.1) is 0 Å². The summed E-state index contributed by atoms with van der Waals surface area (Å²) in [5.74, 6) is 0. The maximum absolute atomic E-state index is 6.49. The van der Waals surface area contributed by atoms with Crippen molar-refractivity contribution in [3.05, 3.63) is 260 Å². The summed E-state index contributed by atoms with van der Waals surface area (Å²) in [7, 11) is 0. The van der Waals surface area contributed by atoms with Crippen molar-refractivity contribution in [1.82, 2.24) is 0 Å².